The average Bonchev–Trinajstić information content (AvgIpc) is 3.00. The molecule has 2 N–H and O–H groups in total. The van der Waals surface area contributed by atoms with E-state index in [0.29, 0.717) is 12.5 Å². The Hall–Kier alpha value is -2.83. The van der Waals surface area contributed by atoms with Crippen LogP contribution in [0.25, 0.3) is 0 Å². The number of rotatable bonds is 5. The molecule has 0 amide bonds. The van der Waals surface area contributed by atoms with Crippen molar-refractivity contribution in [2.45, 2.75) is 33.2 Å². The maximum absolute atomic E-state index is 9.10. The van der Waals surface area contributed by atoms with Crippen molar-refractivity contribution in [3.8, 4) is 5.75 Å². The summed E-state index contributed by atoms with van der Waals surface area (Å²) in [6, 6.07) is 6.43. The molecule has 1 aromatic heterocycles. The first kappa shape index (κ1) is 19.2. The highest BCUT2D eigenvalue weighted by Gasteiger charge is 2.04. The first-order chi connectivity index (χ1) is 11.3. The number of benzene rings is 1. The van der Waals surface area contributed by atoms with E-state index in [2.05, 4.69) is 44.0 Å². The number of aromatic nitrogens is 2. The standard InChI is InChI=1S/C15H20N2O.C2H2O4/c1-12(2)14-8-13(3)9-15(10-14)18-7-6-17-5-4-16-11-17;3-1(4)2(5)6/h4-5,8-12H,6-7H2,1-3H3;(H,3,4)(H,5,6). The van der Waals surface area contributed by atoms with Crippen LogP contribution in [-0.2, 0) is 16.1 Å². The fraction of sp³-hybridized carbons (Fsp3) is 0.353. The van der Waals surface area contributed by atoms with E-state index in [9.17, 15) is 0 Å². The molecule has 24 heavy (non-hydrogen) atoms. The number of carboxylic acids is 2. The van der Waals surface area contributed by atoms with Crippen LogP contribution in [0.5, 0.6) is 5.75 Å². The van der Waals surface area contributed by atoms with Crippen molar-refractivity contribution >= 4 is 11.9 Å². The van der Waals surface area contributed by atoms with Gasteiger partial charge in [0.25, 0.3) is 0 Å². The Morgan fingerprint density at radius 2 is 1.88 bits per heavy atom. The monoisotopic (exact) mass is 334 g/mol. The second kappa shape index (κ2) is 9.34. The largest absolute Gasteiger partial charge is 0.492 e. The fourth-order valence-electron chi connectivity index (χ4n) is 1.88. The molecule has 0 spiro atoms. The predicted octanol–water partition coefficient (Wildman–Crippen LogP) is 2.55. The van der Waals surface area contributed by atoms with Gasteiger partial charge in [-0.2, -0.15) is 0 Å². The highest BCUT2D eigenvalue weighted by molar-refractivity contribution is 6.27. The number of ether oxygens (including phenoxy) is 1. The van der Waals surface area contributed by atoms with Gasteiger partial charge in [0.2, 0.25) is 0 Å². The molecule has 7 heteroatoms. The molecule has 0 bridgehead atoms. The van der Waals surface area contributed by atoms with Gasteiger partial charge in [0, 0.05) is 12.4 Å². The lowest BCUT2D eigenvalue weighted by Gasteiger charge is -2.12. The molecule has 0 atom stereocenters. The van der Waals surface area contributed by atoms with Crippen LogP contribution in [0.1, 0.15) is 30.9 Å². The Labute approximate surface area is 140 Å². The second-order valence-corrected chi connectivity index (χ2v) is 5.49. The van der Waals surface area contributed by atoms with Gasteiger partial charge in [0.05, 0.1) is 12.9 Å². The molecule has 0 radical (unpaired) electrons. The zero-order valence-corrected chi connectivity index (χ0v) is 14.0. The Bertz CT molecular complexity index is 654. The SMILES string of the molecule is Cc1cc(OCCn2ccnc2)cc(C(C)C)c1.O=C(O)C(=O)O. The second-order valence-electron chi connectivity index (χ2n) is 5.49. The molecular formula is C17H22N2O5. The van der Waals surface area contributed by atoms with Crippen molar-refractivity contribution in [3.63, 3.8) is 0 Å². The van der Waals surface area contributed by atoms with Gasteiger partial charge < -0.3 is 19.5 Å². The highest BCUT2D eigenvalue weighted by atomic mass is 16.5. The number of imidazole rings is 1. The lowest BCUT2D eigenvalue weighted by Crippen LogP contribution is -2.09. The molecule has 0 aliphatic heterocycles. The molecule has 2 rings (SSSR count). The van der Waals surface area contributed by atoms with Crippen LogP contribution in [0.4, 0.5) is 0 Å². The van der Waals surface area contributed by atoms with E-state index < -0.39 is 11.9 Å². The summed E-state index contributed by atoms with van der Waals surface area (Å²) in [5.74, 6) is -2.16. The van der Waals surface area contributed by atoms with Crippen molar-refractivity contribution in [3.05, 3.63) is 48.0 Å². The van der Waals surface area contributed by atoms with Gasteiger partial charge in [0.15, 0.2) is 0 Å². The van der Waals surface area contributed by atoms with Gasteiger partial charge in [-0.25, -0.2) is 14.6 Å². The molecule has 2 aromatic rings. The summed E-state index contributed by atoms with van der Waals surface area (Å²) in [5, 5.41) is 14.8. The number of aryl methyl sites for hydroxylation is 1. The molecule has 0 aliphatic carbocycles. The Balaban J connectivity index is 0.000000413. The van der Waals surface area contributed by atoms with Crippen LogP contribution in [0.3, 0.4) is 0 Å². The van der Waals surface area contributed by atoms with Crippen molar-refractivity contribution in [2.75, 3.05) is 6.61 Å². The maximum atomic E-state index is 9.10. The van der Waals surface area contributed by atoms with Crippen LogP contribution in [0.15, 0.2) is 36.9 Å². The Kier molecular flexibility index (Phi) is 7.48. The van der Waals surface area contributed by atoms with Gasteiger partial charge in [-0.15, -0.1) is 0 Å². The summed E-state index contributed by atoms with van der Waals surface area (Å²) in [5.41, 5.74) is 2.58. The molecule has 0 aliphatic rings. The van der Waals surface area contributed by atoms with E-state index in [-0.39, 0.29) is 0 Å². The minimum atomic E-state index is -1.82. The van der Waals surface area contributed by atoms with Crippen LogP contribution in [0, 0.1) is 6.92 Å². The van der Waals surface area contributed by atoms with E-state index in [1.54, 1.807) is 12.5 Å². The van der Waals surface area contributed by atoms with Crippen molar-refractivity contribution < 1.29 is 24.5 Å². The van der Waals surface area contributed by atoms with Crippen molar-refractivity contribution in [1.82, 2.24) is 9.55 Å². The van der Waals surface area contributed by atoms with Gasteiger partial charge in [-0.3, -0.25) is 0 Å². The van der Waals surface area contributed by atoms with Crippen LogP contribution in [-0.4, -0.2) is 38.3 Å². The zero-order valence-electron chi connectivity index (χ0n) is 14.0. The third-order valence-corrected chi connectivity index (χ3v) is 3.10. The van der Waals surface area contributed by atoms with Crippen molar-refractivity contribution in [1.29, 1.82) is 0 Å². The highest BCUT2D eigenvalue weighted by Crippen LogP contribution is 2.22. The van der Waals surface area contributed by atoms with Gasteiger partial charge in [-0.1, -0.05) is 19.9 Å². The average molecular weight is 334 g/mol. The number of carboxylic acid groups (broad SMARTS) is 2. The summed E-state index contributed by atoms with van der Waals surface area (Å²) in [7, 11) is 0. The van der Waals surface area contributed by atoms with E-state index in [1.807, 2.05) is 10.8 Å². The molecule has 1 aromatic carbocycles. The van der Waals surface area contributed by atoms with E-state index in [4.69, 9.17) is 24.5 Å². The first-order valence-electron chi connectivity index (χ1n) is 7.46. The topological polar surface area (TPSA) is 102 Å². The third-order valence-electron chi connectivity index (χ3n) is 3.10. The number of hydrogen-bond donors (Lipinski definition) is 2. The first-order valence-corrected chi connectivity index (χ1v) is 7.46. The van der Waals surface area contributed by atoms with Gasteiger partial charge in [0.1, 0.15) is 12.4 Å². The van der Waals surface area contributed by atoms with Crippen LogP contribution < -0.4 is 4.74 Å². The quantitative estimate of drug-likeness (QED) is 0.815. The molecule has 1 heterocycles. The fourth-order valence-corrected chi connectivity index (χ4v) is 1.88. The minimum Gasteiger partial charge on any atom is -0.492 e. The molecule has 130 valence electrons. The summed E-state index contributed by atoms with van der Waals surface area (Å²) < 4.78 is 7.82. The van der Waals surface area contributed by atoms with Gasteiger partial charge >= 0.3 is 11.9 Å². The number of aliphatic carboxylic acids is 2. The lowest BCUT2D eigenvalue weighted by atomic mass is 10.0. The predicted molar refractivity (Wildman–Crippen MR) is 88.3 cm³/mol. The summed E-state index contributed by atoms with van der Waals surface area (Å²) in [6.45, 7) is 7.99. The van der Waals surface area contributed by atoms with E-state index in [0.717, 1.165) is 12.3 Å². The number of hydrogen-bond acceptors (Lipinski definition) is 4. The van der Waals surface area contributed by atoms with Gasteiger partial charge in [-0.05, 0) is 36.1 Å². The van der Waals surface area contributed by atoms with Crippen LogP contribution in [0.2, 0.25) is 0 Å². The summed E-state index contributed by atoms with van der Waals surface area (Å²) in [4.78, 5) is 22.2. The molecule has 0 fully saturated rings. The molecule has 7 nitrogen and oxygen atoms in total. The van der Waals surface area contributed by atoms with Crippen LogP contribution >= 0.6 is 0 Å². The molecule has 0 saturated carbocycles. The molecule has 0 unspecified atom stereocenters. The summed E-state index contributed by atoms with van der Waals surface area (Å²) >= 11 is 0. The Morgan fingerprint density at radius 1 is 1.21 bits per heavy atom. The van der Waals surface area contributed by atoms with Crippen molar-refractivity contribution in [2.24, 2.45) is 0 Å². The smallest absolute Gasteiger partial charge is 0.414 e. The minimum absolute atomic E-state index is 0.529. The zero-order chi connectivity index (χ0) is 18.1. The third kappa shape index (κ3) is 6.95. The molecule has 0 saturated heterocycles. The van der Waals surface area contributed by atoms with E-state index in [1.165, 1.54) is 11.1 Å². The number of nitrogens with zero attached hydrogens (tertiary/aromatic N) is 2. The lowest BCUT2D eigenvalue weighted by molar-refractivity contribution is -0.159. The molecular weight excluding hydrogens is 312 g/mol. The normalized spacial score (nSPS) is 10.0. The Morgan fingerprint density at radius 3 is 2.38 bits per heavy atom. The summed E-state index contributed by atoms with van der Waals surface area (Å²) in [6.07, 6.45) is 5.53. The number of carbonyl (C=O) groups is 2. The van der Waals surface area contributed by atoms with E-state index >= 15 is 0 Å². The maximum Gasteiger partial charge on any atom is 0.414 e.